The smallest absolute Gasteiger partial charge is 0.326 e. The van der Waals surface area contributed by atoms with Crippen molar-refractivity contribution in [2.75, 3.05) is 19.8 Å². The number of carbonyl (C=O) groups excluding carboxylic acids is 1. The lowest BCUT2D eigenvalue weighted by atomic mass is 10.1. The standard InChI is InChI=1S/C15H21NO5/c1-11(2)14(15(18)19)16-13(17)10-20-8-9-21-12-6-4-3-5-7-12/h3-7,11,14H,8-10H2,1-2H3,(H,16,17)(H,18,19). The molecular formula is C15H21NO5. The molecule has 0 saturated heterocycles. The molecule has 0 aliphatic heterocycles. The quantitative estimate of drug-likeness (QED) is 0.671. The number of carbonyl (C=O) groups is 2. The number of para-hydroxylation sites is 1. The summed E-state index contributed by atoms with van der Waals surface area (Å²) in [5, 5.41) is 11.4. The molecule has 0 fully saturated rings. The van der Waals surface area contributed by atoms with Crippen molar-refractivity contribution in [1.82, 2.24) is 5.32 Å². The summed E-state index contributed by atoms with van der Waals surface area (Å²) in [7, 11) is 0. The van der Waals surface area contributed by atoms with Crippen molar-refractivity contribution < 1.29 is 24.2 Å². The number of benzene rings is 1. The summed E-state index contributed by atoms with van der Waals surface area (Å²) in [5.74, 6) is -0.953. The fourth-order valence-electron chi connectivity index (χ4n) is 1.63. The van der Waals surface area contributed by atoms with Gasteiger partial charge in [0.15, 0.2) is 0 Å². The summed E-state index contributed by atoms with van der Waals surface area (Å²) < 4.78 is 10.5. The Bertz CT molecular complexity index is 447. The number of hydrogen-bond donors (Lipinski definition) is 2. The van der Waals surface area contributed by atoms with Gasteiger partial charge in [-0.05, 0) is 18.1 Å². The molecule has 116 valence electrons. The first-order chi connectivity index (χ1) is 10.0. The van der Waals surface area contributed by atoms with Crippen molar-refractivity contribution in [1.29, 1.82) is 0 Å². The number of hydrogen-bond acceptors (Lipinski definition) is 4. The van der Waals surface area contributed by atoms with Crippen LogP contribution < -0.4 is 10.1 Å². The molecule has 1 amide bonds. The number of rotatable bonds is 9. The molecule has 0 radical (unpaired) electrons. The third kappa shape index (κ3) is 6.76. The summed E-state index contributed by atoms with van der Waals surface area (Å²) >= 11 is 0. The first kappa shape index (κ1) is 17.0. The predicted molar refractivity (Wildman–Crippen MR) is 77.2 cm³/mol. The molecule has 0 bridgehead atoms. The maximum Gasteiger partial charge on any atom is 0.326 e. The molecule has 1 aromatic carbocycles. The van der Waals surface area contributed by atoms with Crippen LogP contribution in [0.5, 0.6) is 5.75 Å². The monoisotopic (exact) mass is 295 g/mol. The van der Waals surface area contributed by atoms with E-state index in [1.54, 1.807) is 13.8 Å². The second kappa shape index (κ2) is 8.97. The Balaban J connectivity index is 2.17. The minimum absolute atomic E-state index is 0.186. The molecule has 1 atom stereocenters. The van der Waals surface area contributed by atoms with Gasteiger partial charge in [-0.2, -0.15) is 0 Å². The fourth-order valence-corrected chi connectivity index (χ4v) is 1.63. The summed E-state index contributed by atoms with van der Waals surface area (Å²) in [6, 6.07) is 8.37. The van der Waals surface area contributed by atoms with E-state index in [1.165, 1.54) is 0 Å². The van der Waals surface area contributed by atoms with E-state index in [1.807, 2.05) is 30.3 Å². The SMILES string of the molecule is CC(C)C(NC(=O)COCCOc1ccccc1)C(=O)O. The van der Waals surface area contributed by atoms with Gasteiger partial charge in [0.25, 0.3) is 0 Å². The van der Waals surface area contributed by atoms with Crippen LogP contribution in [-0.2, 0) is 14.3 Å². The summed E-state index contributed by atoms with van der Waals surface area (Å²) in [6.45, 7) is 3.85. The molecule has 1 rings (SSSR count). The number of carboxylic acid groups (broad SMARTS) is 1. The van der Waals surface area contributed by atoms with Gasteiger partial charge in [-0.25, -0.2) is 4.79 Å². The van der Waals surface area contributed by atoms with Crippen LogP contribution in [0.15, 0.2) is 30.3 Å². The van der Waals surface area contributed by atoms with Gasteiger partial charge >= 0.3 is 5.97 Å². The lowest BCUT2D eigenvalue weighted by Crippen LogP contribution is -2.45. The van der Waals surface area contributed by atoms with E-state index in [0.717, 1.165) is 5.75 Å². The normalized spacial score (nSPS) is 12.0. The Morgan fingerprint density at radius 2 is 1.86 bits per heavy atom. The van der Waals surface area contributed by atoms with Crippen molar-refractivity contribution in [2.45, 2.75) is 19.9 Å². The molecule has 2 N–H and O–H groups in total. The zero-order valence-electron chi connectivity index (χ0n) is 12.2. The van der Waals surface area contributed by atoms with E-state index in [2.05, 4.69) is 5.32 Å². The lowest BCUT2D eigenvalue weighted by Gasteiger charge is -2.17. The first-order valence-corrected chi connectivity index (χ1v) is 6.78. The highest BCUT2D eigenvalue weighted by atomic mass is 16.5. The Kier molecular flexibility index (Phi) is 7.25. The van der Waals surface area contributed by atoms with E-state index in [0.29, 0.717) is 6.61 Å². The molecule has 6 heteroatoms. The molecular weight excluding hydrogens is 274 g/mol. The molecule has 0 aromatic heterocycles. The average molecular weight is 295 g/mol. The highest BCUT2D eigenvalue weighted by Gasteiger charge is 2.23. The maximum atomic E-state index is 11.6. The molecule has 0 saturated carbocycles. The zero-order valence-corrected chi connectivity index (χ0v) is 12.2. The van der Waals surface area contributed by atoms with Crippen LogP contribution >= 0.6 is 0 Å². The molecule has 0 aliphatic rings. The molecule has 0 spiro atoms. The average Bonchev–Trinajstić information content (AvgIpc) is 2.45. The highest BCUT2D eigenvalue weighted by Crippen LogP contribution is 2.07. The van der Waals surface area contributed by atoms with Crippen LogP contribution in [-0.4, -0.2) is 42.8 Å². The van der Waals surface area contributed by atoms with Crippen LogP contribution in [0.4, 0.5) is 0 Å². The van der Waals surface area contributed by atoms with Crippen molar-refractivity contribution >= 4 is 11.9 Å². The second-order valence-electron chi connectivity index (χ2n) is 4.84. The predicted octanol–water partition coefficient (Wildman–Crippen LogP) is 1.31. The fraction of sp³-hybridized carbons (Fsp3) is 0.467. The Labute approximate surface area is 124 Å². The van der Waals surface area contributed by atoms with E-state index in [4.69, 9.17) is 14.6 Å². The maximum absolute atomic E-state index is 11.6. The largest absolute Gasteiger partial charge is 0.491 e. The van der Waals surface area contributed by atoms with E-state index < -0.39 is 17.9 Å². The molecule has 21 heavy (non-hydrogen) atoms. The van der Waals surface area contributed by atoms with Crippen LogP contribution in [0.2, 0.25) is 0 Å². The highest BCUT2D eigenvalue weighted by molar-refractivity contribution is 5.84. The molecule has 1 aromatic rings. The third-order valence-corrected chi connectivity index (χ3v) is 2.72. The molecule has 6 nitrogen and oxygen atoms in total. The van der Waals surface area contributed by atoms with Gasteiger partial charge in [-0.1, -0.05) is 32.0 Å². The van der Waals surface area contributed by atoms with Gasteiger partial charge in [0.05, 0.1) is 6.61 Å². The molecule has 1 unspecified atom stereocenters. The number of aliphatic carboxylic acids is 1. The van der Waals surface area contributed by atoms with Crippen LogP contribution in [0.3, 0.4) is 0 Å². The van der Waals surface area contributed by atoms with Gasteiger partial charge in [0.2, 0.25) is 5.91 Å². The summed E-state index contributed by atoms with van der Waals surface area (Å²) in [4.78, 5) is 22.5. The Morgan fingerprint density at radius 3 is 2.43 bits per heavy atom. The van der Waals surface area contributed by atoms with Crippen molar-refractivity contribution in [3.05, 3.63) is 30.3 Å². The molecule has 0 aliphatic carbocycles. The minimum atomic E-state index is -1.05. The van der Waals surface area contributed by atoms with Gasteiger partial charge in [0.1, 0.15) is 25.0 Å². The molecule has 0 heterocycles. The summed E-state index contributed by atoms with van der Waals surface area (Å²) in [6.07, 6.45) is 0. The van der Waals surface area contributed by atoms with E-state index >= 15 is 0 Å². The van der Waals surface area contributed by atoms with Gasteiger partial charge < -0.3 is 19.9 Å². The Hall–Kier alpha value is -2.08. The van der Waals surface area contributed by atoms with Crippen LogP contribution in [0, 0.1) is 5.92 Å². The third-order valence-electron chi connectivity index (χ3n) is 2.72. The van der Waals surface area contributed by atoms with Crippen molar-refractivity contribution in [3.8, 4) is 5.75 Å². The number of amides is 1. The van der Waals surface area contributed by atoms with E-state index in [9.17, 15) is 9.59 Å². The van der Waals surface area contributed by atoms with Gasteiger partial charge in [-0.15, -0.1) is 0 Å². The first-order valence-electron chi connectivity index (χ1n) is 6.78. The summed E-state index contributed by atoms with van der Waals surface area (Å²) in [5.41, 5.74) is 0. The second-order valence-corrected chi connectivity index (χ2v) is 4.84. The lowest BCUT2D eigenvalue weighted by molar-refractivity contribution is -0.143. The van der Waals surface area contributed by atoms with Crippen LogP contribution in [0.25, 0.3) is 0 Å². The Morgan fingerprint density at radius 1 is 1.19 bits per heavy atom. The van der Waals surface area contributed by atoms with Crippen molar-refractivity contribution in [2.24, 2.45) is 5.92 Å². The number of nitrogens with one attached hydrogen (secondary N) is 1. The number of ether oxygens (including phenoxy) is 2. The van der Waals surface area contributed by atoms with Gasteiger partial charge in [-0.3, -0.25) is 4.79 Å². The van der Waals surface area contributed by atoms with Crippen LogP contribution in [0.1, 0.15) is 13.8 Å². The minimum Gasteiger partial charge on any atom is -0.491 e. The number of carboxylic acids is 1. The zero-order chi connectivity index (χ0) is 15.7. The van der Waals surface area contributed by atoms with Crippen molar-refractivity contribution in [3.63, 3.8) is 0 Å². The topological polar surface area (TPSA) is 84.9 Å². The van der Waals surface area contributed by atoms with E-state index in [-0.39, 0.29) is 19.1 Å². The van der Waals surface area contributed by atoms with Gasteiger partial charge in [0, 0.05) is 0 Å².